The first-order valence-corrected chi connectivity index (χ1v) is 15.8. The Morgan fingerprint density at radius 3 is 1.54 bits per heavy atom. The first-order chi connectivity index (χ1) is 21.8. The van der Waals surface area contributed by atoms with Crippen molar-refractivity contribution in [2.45, 2.75) is 116 Å². The zero-order valence-corrected chi connectivity index (χ0v) is 29.5. The predicted octanol–water partition coefficient (Wildman–Crippen LogP) is 3.07. The average molecular weight is 665 g/mol. The molecule has 258 valence electrons. The van der Waals surface area contributed by atoms with Crippen LogP contribution in [0.1, 0.15) is 110 Å². The highest BCUT2D eigenvalue weighted by Gasteiger charge is 2.63. The molecule has 0 saturated carbocycles. The molecular formula is C34H44N6O8. The summed E-state index contributed by atoms with van der Waals surface area (Å²) in [6, 6.07) is 9.89. The van der Waals surface area contributed by atoms with Gasteiger partial charge in [0.25, 0.3) is 0 Å². The molecule has 3 heterocycles. The number of nitrogens with zero attached hydrogens (tertiary/aromatic N) is 5. The van der Waals surface area contributed by atoms with Crippen LogP contribution >= 0.6 is 0 Å². The van der Waals surface area contributed by atoms with Gasteiger partial charge in [-0.2, -0.15) is 0 Å². The third-order valence-corrected chi connectivity index (χ3v) is 11.9. The number of hydrogen-bond acceptors (Lipinski definition) is 8. The minimum atomic E-state index is -1.22. The number of esters is 1. The van der Waals surface area contributed by atoms with Crippen LogP contribution in [0.2, 0.25) is 0 Å². The van der Waals surface area contributed by atoms with E-state index in [1.807, 2.05) is 0 Å². The van der Waals surface area contributed by atoms with Crippen molar-refractivity contribution in [2.24, 2.45) is 0 Å². The van der Waals surface area contributed by atoms with Gasteiger partial charge in [-0.1, -0.05) is 10.1 Å². The molecule has 3 aliphatic heterocycles. The fraction of sp³-hybridized carbons (Fsp3) is 0.529. The smallest absolute Gasteiger partial charge is 0.381 e. The first kappa shape index (κ1) is 35.1. The molecule has 0 fully saturated rings. The molecule has 2 radical (unpaired) electrons. The maximum Gasteiger partial charge on any atom is 0.381 e. The summed E-state index contributed by atoms with van der Waals surface area (Å²) in [7, 11) is 0. The van der Waals surface area contributed by atoms with Gasteiger partial charge < -0.3 is 25.6 Å². The number of benzene rings is 2. The van der Waals surface area contributed by atoms with Crippen LogP contribution in [-0.4, -0.2) is 81.1 Å². The average Bonchev–Trinajstić information content (AvgIpc) is 3.27. The van der Waals surface area contributed by atoms with Crippen molar-refractivity contribution in [3.63, 3.8) is 0 Å². The Hall–Kier alpha value is -4.24. The fourth-order valence-corrected chi connectivity index (χ4v) is 5.97. The highest BCUT2D eigenvalue weighted by molar-refractivity contribution is 6.04. The highest BCUT2D eigenvalue weighted by atomic mass is 16.6. The summed E-state index contributed by atoms with van der Waals surface area (Å²) in [4.78, 5) is 13.5. The van der Waals surface area contributed by atoms with E-state index >= 15 is 0 Å². The van der Waals surface area contributed by atoms with Gasteiger partial charge in [-0.25, -0.2) is 4.79 Å². The molecule has 48 heavy (non-hydrogen) atoms. The number of ether oxygens (including phenoxy) is 1. The molecule has 1 unspecified atom stereocenters. The number of carbonyl (C=O) groups excluding carboxylic acids is 1. The molecule has 2 aromatic carbocycles. The molecule has 1 N–H and O–H groups in total. The Morgan fingerprint density at radius 1 is 0.667 bits per heavy atom. The van der Waals surface area contributed by atoms with Crippen LogP contribution in [0.25, 0.3) is 0 Å². The second-order valence-corrected chi connectivity index (χ2v) is 15.9. The van der Waals surface area contributed by atoms with Crippen LogP contribution in [0.15, 0.2) is 42.5 Å². The molecule has 1 atom stereocenters. The standard InChI is InChI=1S/C34H44N6O8/c1-29(2)30(3,4)36(43)25(35(29)42)20-13-15-21(16-14-20)28(41)48-24-18-17-22(26-37(44)31(5,6)32(7,8)38(26)45)19-23(24)27-39(46)33(9,10)34(11,12)40(27)47/h13-19,35H,1-12H3. The molecule has 5 rings (SSSR count). The minimum absolute atomic E-state index is 0.00710. The summed E-state index contributed by atoms with van der Waals surface area (Å²) < 4.78 is 7.65. The van der Waals surface area contributed by atoms with Crippen molar-refractivity contribution >= 4 is 23.5 Å². The third kappa shape index (κ3) is 4.39. The predicted molar refractivity (Wildman–Crippen MR) is 175 cm³/mol. The molecule has 0 spiro atoms. The van der Waals surface area contributed by atoms with Crippen molar-refractivity contribution in [3.05, 3.63) is 85.5 Å². The number of rotatable bonds is 5. The molecule has 0 aromatic heterocycles. The number of carbonyl (C=O) groups is 1. The lowest BCUT2D eigenvalue weighted by Gasteiger charge is -2.34. The van der Waals surface area contributed by atoms with Crippen LogP contribution in [-0.2, 0) is 10.4 Å². The van der Waals surface area contributed by atoms with E-state index in [9.17, 15) is 36.0 Å². The fourth-order valence-electron chi connectivity index (χ4n) is 5.97. The summed E-state index contributed by atoms with van der Waals surface area (Å²) in [6.07, 6.45) is 0. The summed E-state index contributed by atoms with van der Waals surface area (Å²) in [5, 5.41) is 81.5. The molecule has 0 amide bonds. The number of hydroxylamine groups is 9. The van der Waals surface area contributed by atoms with Crippen LogP contribution in [0.3, 0.4) is 0 Å². The van der Waals surface area contributed by atoms with Crippen molar-refractivity contribution in [1.29, 1.82) is 0 Å². The minimum Gasteiger partial charge on any atom is -0.714 e. The van der Waals surface area contributed by atoms with Gasteiger partial charge in [0.15, 0.2) is 16.6 Å². The quantitative estimate of drug-likeness (QED) is 0.219. The SMILES string of the molecule is CC1(C)N([O])C(c2ccc(OC(=O)c3ccc(C4=[N+]([O-])C(C)(C)C(C)(C)[NH+]4[O-])cc3)c(C3=[N+]([O-])C(C)(C)C(C)(C)N3[O])c2)=[N+]([O-])C1(C)C. The van der Waals surface area contributed by atoms with E-state index in [0.717, 1.165) is 0 Å². The summed E-state index contributed by atoms with van der Waals surface area (Å²) in [5.41, 5.74) is -6.17. The van der Waals surface area contributed by atoms with Crippen LogP contribution in [0.5, 0.6) is 5.75 Å². The Labute approximate surface area is 280 Å². The molecule has 0 saturated heterocycles. The van der Waals surface area contributed by atoms with E-state index in [1.54, 1.807) is 83.1 Å². The van der Waals surface area contributed by atoms with Gasteiger partial charge in [0.05, 0.1) is 11.1 Å². The van der Waals surface area contributed by atoms with Crippen molar-refractivity contribution < 1.29 is 39.2 Å². The van der Waals surface area contributed by atoms with Gasteiger partial charge in [-0.05, 0) is 112 Å². The summed E-state index contributed by atoms with van der Waals surface area (Å²) in [6.45, 7) is 19.9. The van der Waals surface area contributed by atoms with Gasteiger partial charge in [0.1, 0.15) is 28.0 Å². The monoisotopic (exact) mass is 664 g/mol. The lowest BCUT2D eigenvalue weighted by atomic mass is 9.84. The number of amidine groups is 3. The lowest BCUT2D eigenvalue weighted by Crippen LogP contribution is -3.17. The Balaban J connectivity index is 1.58. The molecule has 0 aliphatic carbocycles. The Kier molecular flexibility index (Phi) is 7.59. The van der Waals surface area contributed by atoms with Gasteiger partial charge in [-0.3, -0.25) is 14.5 Å². The third-order valence-electron chi connectivity index (χ3n) is 11.9. The second-order valence-electron chi connectivity index (χ2n) is 15.9. The van der Waals surface area contributed by atoms with E-state index < -0.39 is 39.2 Å². The highest BCUT2D eigenvalue weighted by Crippen LogP contribution is 2.41. The van der Waals surface area contributed by atoms with Crippen LogP contribution < -0.4 is 9.80 Å². The maximum absolute atomic E-state index is 13.7. The second kappa shape index (κ2) is 10.4. The maximum atomic E-state index is 13.7. The lowest BCUT2D eigenvalue weighted by molar-refractivity contribution is -0.805. The van der Waals surface area contributed by atoms with Crippen LogP contribution in [0.4, 0.5) is 0 Å². The van der Waals surface area contributed by atoms with Gasteiger partial charge in [-0.15, -0.1) is 4.74 Å². The number of hydrogen-bond donors (Lipinski definition) is 1. The summed E-state index contributed by atoms with van der Waals surface area (Å²) >= 11 is 0. The van der Waals surface area contributed by atoms with E-state index in [0.29, 0.717) is 29.9 Å². The normalized spacial score (nSPS) is 24.9. The number of nitrogens with one attached hydrogen (secondary N) is 1. The van der Waals surface area contributed by atoms with Crippen LogP contribution in [0, 0.1) is 20.8 Å². The topological polar surface area (TPSA) is 178 Å². The van der Waals surface area contributed by atoms with Gasteiger partial charge in [0.2, 0.25) is 5.54 Å². The molecule has 14 nitrogen and oxygen atoms in total. The zero-order valence-electron chi connectivity index (χ0n) is 29.5. The van der Waals surface area contributed by atoms with Crippen molar-refractivity contribution in [1.82, 2.24) is 10.1 Å². The van der Waals surface area contributed by atoms with Gasteiger partial charge in [0, 0.05) is 24.3 Å². The Morgan fingerprint density at radius 2 is 1.12 bits per heavy atom. The summed E-state index contributed by atoms with van der Waals surface area (Å²) in [5.74, 6) is -1.58. The van der Waals surface area contributed by atoms with Crippen molar-refractivity contribution in [2.75, 3.05) is 0 Å². The molecule has 14 heteroatoms. The molecule has 0 bridgehead atoms. The zero-order chi connectivity index (χ0) is 36.3. The van der Waals surface area contributed by atoms with E-state index in [1.165, 1.54) is 42.5 Å². The molecule has 2 aromatic rings. The van der Waals surface area contributed by atoms with Crippen molar-refractivity contribution in [3.8, 4) is 5.75 Å². The molecule has 3 aliphatic rings. The first-order valence-electron chi connectivity index (χ1n) is 15.8. The van der Waals surface area contributed by atoms with E-state index in [2.05, 4.69) is 0 Å². The van der Waals surface area contributed by atoms with E-state index in [4.69, 9.17) is 4.74 Å². The largest absolute Gasteiger partial charge is 0.714 e. The number of quaternary nitrogens is 1. The Bertz CT molecular complexity index is 1800. The van der Waals surface area contributed by atoms with E-state index in [-0.39, 0.29) is 45.0 Å². The van der Waals surface area contributed by atoms with Gasteiger partial charge >= 0.3 is 23.5 Å². The molecular weight excluding hydrogens is 620 g/mol.